The number of Topliss-reactive ketones (excluding diaryl/α,β-unsaturated/α-hetero) is 1. The lowest BCUT2D eigenvalue weighted by molar-refractivity contribution is -0.139. The molecule has 1 saturated carbocycles. The van der Waals surface area contributed by atoms with Crippen molar-refractivity contribution in [2.75, 3.05) is 18.0 Å². The van der Waals surface area contributed by atoms with Gasteiger partial charge in [0.15, 0.2) is 0 Å². The Morgan fingerprint density at radius 3 is 2.37 bits per heavy atom. The van der Waals surface area contributed by atoms with Crippen molar-refractivity contribution < 1.29 is 37.4 Å². The number of likely N-dealkylation sites (tertiary alicyclic amines) is 1. The average Bonchev–Trinajstić information content (AvgIpc) is 2.91. The Kier molecular flexibility index (Phi) is 9.36. The molecule has 1 aromatic heterocycles. The van der Waals surface area contributed by atoms with Gasteiger partial charge in [-0.2, -0.15) is 13.2 Å². The number of aromatic nitrogens is 1. The number of halogens is 3. The summed E-state index contributed by atoms with van der Waals surface area (Å²) >= 11 is 0. The largest absolute Gasteiger partial charge is 0.478 e. The van der Waals surface area contributed by atoms with E-state index in [1.54, 1.807) is 13.8 Å². The maximum Gasteiger partial charge on any atom is 0.421 e. The van der Waals surface area contributed by atoms with Gasteiger partial charge in [0.25, 0.3) is 0 Å². The highest BCUT2D eigenvalue weighted by atomic mass is 19.4. The predicted molar refractivity (Wildman–Crippen MR) is 146 cm³/mol. The van der Waals surface area contributed by atoms with Crippen LogP contribution in [0.5, 0.6) is 11.6 Å². The van der Waals surface area contributed by atoms with E-state index in [2.05, 4.69) is 11.9 Å². The Hall–Kier alpha value is -3.47. The minimum Gasteiger partial charge on any atom is -0.478 e. The van der Waals surface area contributed by atoms with Gasteiger partial charge in [-0.1, -0.05) is 6.92 Å². The molecule has 0 spiro atoms. The van der Waals surface area contributed by atoms with Gasteiger partial charge >= 0.3 is 12.1 Å². The third kappa shape index (κ3) is 7.44. The van der Waals surface area contributed by atoms with E-state index >= 15 is 0 Å². The van der Waals surface area contributed by atoms with Gasteiger partial charge in [0.1, 0.15) is 17.1 Å². The van der Waals surface area contributed by atoms with Crippen LogP contribution in [0.3, 0.4) is 0 Å². The van der Waals surface area contributed by atoms with Gasteiger partial charge in [-0.3, -0.25) is 14.5 Å². The number of carboxylic acids is 1. The highest BCUT2D eigenvalue weighted by Crippen LogP contribution is 2.39. The fourth-order valence-corrected chi connectivity index (χ4v) is 5.51. The molecule has 2 aliphatic rings. The maximum absolute atomic E-state index is 14.0. The zero-order chi connectivity index (χ0) is 29.9. The number of piperidine rings is 1. The lowest BCUT2D eigenvalue weighted by Crippen LogP contribution is -2.42. The number of hydrogen-bond donors (Lipinski definition) is 1. The fraction of sp³-hybridized carbons (Fsp3) is 0.533. The summed E-state index contributed by atoms with van der Waals surface area (Å²) in [5.74, 6) is -1.87. The number of nitrogens with zero attached hydrogens (tertiary/aromatic N) is 3. The summed E-state index contributed by atoms with van der Waals surface area (Å²) in [5.41, 5.74) is -0.847. The van der Waals surface area contributed by atoms with Crippen LogP contribution in [-0.4, -0.2) is 51.8 Å². The summed E-state index contributed by atoms with van der Waals surface area (Å²) in [4.78, 5) is 44.5. The number of carbonyl (C=O) groups is 3. The first-order chi connectivity index (χ1) is 19.3. The van der Waals surface area contributed by atoms with Crippen molar-refractivity contribution in [1.82, 2.24) is 9.88 Å². The standard InChI is InChI=1S/C30H36F3N3O5/c1-18(2)36(28(38)21-6-4-19(3)5-7-21)26-9-8-23(15-24(26)29(39)40)41-27-25(30(31,32)33)14-20(16-34-27)17-35-12-10-22(37)11-13-35/h8-9,14-16,18-19,21H,4-7,10-13,17H2,1-3H3,(H,39,40). The molecule has 11 heteroatoms. The first kappa shape index (κ1) is 30.5. The van der Waals surface area contributed by atoms with E-state index in [9.17, 15) is 32.7 Å². The van der Waals surface area contributed by atoms with E-state index in [-0.39, 0.29) is 47.2 Å². The summed E-state index contributed by atoms with van der Waals surface area (Å²) in [6, 6.07) is 4.52. The van der Waals surface area contributed by atoms with Gasteiger partial charge in [-0.15, -0.1) is 0 Å². The molecule has 41 heavy (non-hydrogen) atoms. The van der Waals surface area contributed by atoms with E-state index in [1.165, 1.54) is 23.2 Å². The molecule has 8 nitrogen and oxygen atoms in total. The molecule has 1 saturated heterocycles. The minimum atomic E-state index is -4.77. The van der Waals surface area contributed by atoms with Crippen LogP contribution in [0, 0.1) is 11.8 Å². The van der Waals surface area contributed by atoms with Crippen LogP contribution in [-0.2, 0) is 22.3 Å². The SMILES string of the molecule is CC1CCC(C(=O)N(c2ccc(Oc3ncc(CN4CCC(=O)CC4)cc3C(F)(F)F)cc2C(=O)O)C(C)C)CC1. The van der Waals surface area contributed by atoms with Crippen LogP contribution in [0.2, 0.25) is 0 Å². The molecular weight excluding hydrogens is 539 g/mol. The van der Waals surface area contributed by atoms with Crippen molar-refractivity contribution >= 4 is 23.3 Å². The molecule has 2 aromatic rings. The molecule has 1 amide bonds. The van der Waals surface area contributed by atoms with E-state index in [0.29, 0.717) is 37.4 Å². The normalized spacial score (nSPS) is 20.2. The number of pyridine rings is 1. The Morgan fingerprint density at radius 2 is 1.78 bits per heavy atom. The van der Waals surface area contributed by atoms with Crippen LogP contribution in [0.15, 0.2) is 30.5 Å². The number of anilines is 1. The molecule has 2 fully saturated rings. The van der Waals surface area contributed by atoms with E-state index in [0.717, 1.165) is 37.8 Å². The first-order valence-electron chi connectivity index (χ1n) is 14.0. The van der Waals surface area contributed by atoms with Gasteiger partial charge in [-0.05, 0) is 75.3 Å². The molecule has 2 heterocycles. The zero-order valence-corrected chi connectivity index (χ0v) is 23.5. The molecule has 0 bridgehead atoms. The number of ketones is 1. The average molecular weight is 576 g/mol. The Bertz CT molecular complexity index is 1280. The zero-order valence-electron chi connectivity index (χ0n) is 23.5. The van der Waals surface area contributed by atoms with Crippen molar-refractivity contribution in [2.45, 2.75) is 78.1 Å². The molecule has 1 aliphatic heterocycles. The van der Waals surface area contributed by atoms with Crippen molar-refractivity contribution in [3.8, 4) is 11.6 Å². The summed E-state index contributed by atoms with van der Waals surface area (Å²) in [6.45, 7) is 6.88. The van der Waals surface area contributed by atoms with Crippen LogP contribution in [0.4, 0.5) is 18.9 Å². The Labute approximate surface area is 237 Å². The molecule has 222 valence electrons. The Balaban J connectivity index is 1.60. The molecule has 1 aromatic carbocycles. The Morgan fingerprint density at radius 1 is 1.12 bits per heavy atom. The smallest absolute Gasteiger partial charge is 0.421 e. The molecule has 1 N–H and O–H groups in total. The van der Waals surface area contributed by atoms with Crippen molar-refractivity contribution in [2.24, 2.45) is 11.8 Å². The number of ether oxygens (including phenoxy) is 1. The van der Waals surface area contributed by atoms with Crippen molar-refractivity contribution in [1.29, 1.82) is 0 Å². The second-order valence-corrected chi connectivity index (χ2v) is 11.4. The topological polar surface area (TPSA) is 100 Å². The molecule has 4 rings (SSSR count). The fourth-order valence-electron chi connectivity index (χ4n) is 5.51. The van der Waals surface area contributed by atoms with Gasteiger partial charge in [0.05, 0.1) is 11.3 Å². The summed E-state index contributed by atoms with van der Waals surface area (Å²) in [6.07, 6.45) is 0.541. The van der Waals surface area contributed by atoms with Crippen LogP contribution >= 0.6 is 0 Å². The number of amides is 1. The quantitative estimate of drug-likeness (QED) is 0.393. The van der Waals surface area contributed by atoms with Crippen LogP contribution < -0.4 is 9.64 Å². The first-order valence-corrected chi connectivity index (χ1v) is 14.0. The number of aromatic carboxylic acids is 1. The van der Waals surface area contributed by atoms with Crippen molar-refractivity contribution in [3.63, 3.8) is 0 Å². The number of hydrogen-bond acceptors (Lipinski definition) is 6. The number of carbonyl (C=O) groups excluding carboxylic acids is 2. The van der Waals surface area contributed by atoms with Gasteiger partial charge in [0, 0.05) is 50.6 Å². The van der Waals surface area contributed by atoms with Gasteiger partial charge < -0.3 is 14.7 Å². The second-order valence-electron chi connectivity index (χ2n) is 11.4. The third-order valence-corrected chi connectivity index (χ3v) is 7.82. The third-order valence-electron chi connectivity index (χ3n) is 7.82. The molecule has 0 atom stereocenters. The molecular formula is C30H36F3N3O5. The summed E-state index contributed by atoms with van der Waals surface area (Å²) in [7, 11) is 0. The number of rotatable bonds is 8. The van der Waals surface area contributed by atoms with E-state index < -0.39 is 23.6 Å². The van der Waals surface area contributed by atoms with E-state index in [1.807, 2.05) is 4.90 Å². The van der Waals surface area contributed by atoms with Gasteiger partial charge in [0.2, 0.25) is 11.8 Å². The lowest BCUT2D eigenvalue weighted by atomic mass is 9.82. The number of alkyl halides is 3. The van der Waals surface area contributed by atoms with Crippen LogP contribution in [0.1, 0.15) is 80.8 Å². The van der Waals surface area contributed by atoms with Crippen LogP contribution in [0.25, 0.3) is 0 Å². The minimum absolute atomic E-state index is 0.135. The molecule has 1 aliphatic carbocycles. The van der Waals surface area contributed by atoms with E-state index in [4.69, 9.17) is 4.74 Å². The number of benzene rings is 1. The number of carboxylic acid groups (broad SMARTS) is 1. The molecule has 0 unspecified atom stereocenters. The molecule has 0 radical (unpaired) electrons. The highest BCUT2D eigenvalue weighted by Gasteiger charge is 2.37. The predicted octanol–water partition coefficient (Wildman–Crippen LogP) is 6.32. The monoisotopic (exact) mass is 575 g/mol. The lowest BCUT2D eigenvalue weighted by Gasteiger charge is -2.34. The maximum atomic E-state index is 14.0. The van der Waals surface area contributed by atoms with Crippen molar-refractivity contribution in [3.05, 3.63) is 47.2 Å². The summed E-state index contributed by atoms with van der Waals surface area (Å²) in [5, 5.41) is 9.99. The van der Waals surface area contributed by atoms with Gasteiger partial charge in [-0.25, -0.2) is 9.78 Å². The highest BCUT2D eigenvalue weighted by molar-refractivity contribution is 6.03. The summed E-state index contributed by atoms with van der Waals surface area (Å²) < 4.78 is 47.5. The second kappa shape index (κ2) is 12.6.